The highest BCUT2D eigenvalue weighted by molar-refractivity contribution is 6.11. The van der Waals surface area contributed by atoms with E-state index in [-0.39, 0.29) is 24.3 Å². The molecular weight excluding hydrogens is 349 g/mol. The average molecular weight is 367 g/mol. The molecule has 138 valence electrons. The van der Waals surface area contributed by atoms with E-state index in [4.69, 9.17) is 4.74 Å². The fourth-order valence-electron chi connectivity index (χ4n) is 3.44. The van der Waals surface area contributed by atoms with Crippen LogP contribution in [0.25, 0.3) is 0 Å². The van der Waals surface area contributed by atoms with Gasteiger partial charge in [-0.1, -0.05) is 12.1 Å². The number of benzene rings is 2. The van der Waals surface area contributed by atoms with Gasteiger partial charge < -0.3 is 15.0 Å². The SMILES string of the molecule is COc1ccc(C2NC(=O)N(C)C3=C2C(=O)N(c2ccc(F)cc2)C3)cc1. The highest BCUT2D eigenvalue weighted by atomic mass is 19.1. The van der Waals surface area contributed by atoms with Crippen LogP contribution in [0.1, 0.15) is 11.6 Å². The Labute approximate surface area is 155 Å². The Morgan fingerprint density at radius 2 is 1.74 bits per heavy atom. The van der Waals surface area contributed by atoms with Crippen molar-refractivity contribution in [1.29, 1.82) is 0 Å². The lowest BCUT2D eigenvalue weighted by Crippen LogP contribution is -2.45. The van der Waals surface area contributed by atoms with E-state index in [1.165, 1.54) is 17.0 Å². The Hall–Kier alpha value is -3.35. The lowest BCUT2D eigenvalue weighted by atomic mass is 9.95. The van der Waals surface area contributed by atoms with E-state index < -0.39 is 6.04 Å². The normalized spacial score (nSPS) is 19.3. The molecule has 0 aromatic heterocycles. The number of urea groups is 1. The molecule has 0 saturated heterocycles. The highest BCUT2D eigenvalue weighted by Gasteiger charge is 2.43. The second-order valence-corrected chi connectivity index (χ2v) is 6.44. The Kier molecular flexibility index (Phi) is 4.07. The smallest absolute Gasteiger partial charge is 0.322 e. The fraction of sp³-hybridized carbons (Fsp3) is 0.200. The first-order valence-electron chi connectivity index (χ1n) is 8.48. The molecule has 0 bridgehead atoms. The molecule has 27 heavy (non-hydrogen) atoms. The van der Waals surface area contributed by atoms with E-state index in [0.717, 1.165) is 5.56 Å². The van der Waals surface area contributed by atoms with Crippen LogP contribution in [0, 0.1) is 5.82 Å². The van der Waals surface area contributed by atoms with Gasteiger partial charge in [0.2, 0.25) is 0 Å². The maximum atomic E-state index is 13.2. The number of rotatable bonds is 3. The lowest BCUT2D eigenvalue weighted by molar-refractivity contribution is -0.114. The maximum absolute atomic E-state index is 13.2. The number of ether oxygens (including phenoxy) is 1. The molecule has 7 heteroatoms. The van der Waals surface area contributed by atoms with Gasteiger partial charge in [0.1, 0.15) is 11.6 Å². The lowest BCUT2D eigenvalue weighted by Gasteiger charge is -2.31. The zero-order chi connectivity index (χ0) is 19.1. The molecule has 2 aliphatic rings. The van der Waals surface area contributed by atoms with Crippen molar-refractivity contribution in [1.82, 2.24) is 10.2 Å². The molecule has 0 spiro atoms. The van der Waals surface area contributed by atoms with Crippen LogP contribution in [0.4, 0.5) is 14.9 Å². The van der Waals surface area contributed by atoms with Crippen LogP contribution in [0.3, 0.4) is 0 Å². The van der Waals surface area contributed by atoms with Crippen molar-refractivity contribution < 1.29 is 18.7 Å². The van der Waals surface area contributed by atoms with E-state index in [0.29, 0.717) is 22.7 Å². The topological polar surface area (TPSA) is 61.9 Å². The second kappa shape index (κ2) is 6.42. The summed E-state index contributed by atoms with van der Waals surface area (Å²) in [4.78, 5) is 28.6. The summed E-state index contributed by atoms with van der Waals surface area (Å²) < 4.78 is 18.4. The summed E-state index contributed by atoms with van der Waals surface area (Å²) in [6.07, 6.45) is 0. The first-order chi connectivity index (χ1) is 13.0. The van der Waals surface area contributed by atoms with Crippen LogP contribution in [0.15, 0.2) is 59.8 Å². The molecule has 0 fully saturated rings. The van der Waals surface area contributed by atoms with E-state index in [2.05, 4.69) is 5.32 Å². The molecular formula is C20H18FN3O3. The third-order valence-electron chi connectivity index (χ3n) is 4.95. The summed E-state index contributed by atoms with van der Waals surface area (Å²) in [5.74, 6) is 0.121. The van der Waals surface area contributed by atoms with Crippen molar-refractivity contribution in [3.8, 4) is 5.75 Å². The maximum Gasteiger partial charge on any atom is 0.322 e. The summed E-state index contributed by atoms with van der Waals surface area (Å²) in [5, 5.41) is 2.88. The predicted molar refractivity (Wildman–Crippen MR) is 97.8 cm³/mol. The van der Waals surface area contributed by atoms with Crippen LogP contribution in [-0.4, -0.2) is 37.5 Å². The van der Waals surface area contributed by atoms with Crippen molar-refractivity contribution >= 4 is 17.6 Å². The third kappa shape index (κ3) is 2.81. The molecule has 1 atom stereocenters. The van der Waals surface area contributed by atoms with Crippen LogP contribution in [0.5, 0.6) is 5.75 Å². The van der Waals surface area contributed by atoms with Gasteiger partial charge in [0, 0.05) is 12.7 Å². The molecule has 2 aromatic rings. The van der Waals surface area contributed by atoms with Gasteiger partial charge in [-0.2, -0.15) is 0 Å². The largest absolute Gasteiger partial charge is 0.497 e. The number of hydrogen-bond acceptors (Lipinski definition) is 3. The number of methoxy groups -OCH3 is 1. The van der Waals surface area contributed by atoms with Gasteiger partial charge >= 0.3 is 6.03 Å². The number of carbonyl (C=O) groups excluding carboxylic acids is 2. The quantitative estimate of drug-likeness (QED) is 0.907. The van der Waals surface area contributed by atoms with Gasteiger partial charge in [-0.3, -0.25) is 9.69 Å². The Bertz CT molecular complexity index is 938. The Morgan fingerprint density at radius 1 is 1.07 bits per heavy atom. The minimum Gasteiger partial charge on any atom is -0.497 e. The number of carbonyl (C=O) groups is 2. The molecule has 3 amide bonds. The van der Waals surface area contributed by atoms with Crippen molar-refractivity contribution in [3.05, 3.63) is 71.2 Å². The van der Waals surface area contributed by atoms with Gasteiger partial charge in [0.15, 0.2) is 0 Å². The highest BCUT2D eigenvalue weighted by Crippen LogP contribution is 2.37. The molecule has 6 nitrogen and oxygen atoms in total. The van der Waals surface area contributed by atoms with Crippen molar-refractivity contribution in [2.45, 2.75) is 6.04 Å². The number of anilines is 1. The van der Waals surface area contributed by atoms with Gasteiger partial charge in [-0.15, -0.1) is 0 Å². The van der Waals surface area contributed by atoms with Crippen molar-refractivity contribution in [3.63, 3.8) is 0 Å². The second-order valence-electron chi connectivity index (χ2n) is 6.44. The summed E-state index contributed by atoms with van der Waals surface area (Å²) >= 11 is 0. The number of likely N-dealkylation sites (N-methyl/N-ethyl adjacent to an activating group) is 1. The molecule has 0 radical (unpaired) electrons. The fourth-order valence-corrected chi connectivity index (χ4v) is 3.44. The van der Waals surface area contributed by atoms with E-state index in [1.54, 1.807) is 43.3 Å². The van der Waals surface area contributed by atoms with Crippen LogP contribution in [0.2, 0.25) is 0 Å². The third-order valence-corrected chi connectivity index (χ3v) is 4.95. The number of nitrogens with one attached hydrogen (secondary N) is 1. The van der Waals surface area contributed by atoms with Gasteiger partial charge in [-0.25, -0.2) is 9.18 Å². The van der Waals surface area contributed by atoms with Crippen LogP contribution >= 0.6 is 0 Å². The molecule has 0 saturated carbocycles. The minimum atomic E-state index is -0.549. The monoisotopic (exact) mass is 367 g/mol. The number of hydrogen-bond donors (Lipinski definition) is 1. The average Bonchev–Trinajstić information content (AvgIpc) is 3.03. The molecule has 1 unspecified atom stereocenters. The molecule has 2 aromatic carbocycles. The number of halogens is 1. The molecule has 0 aliphatic carbocycles. The van der Waals surface area contributed by atoms with Gasteiger partial charge in [0.05, 0.1) is 31.0 Å². The van der Waals surface area contributed by atoms with Crippen LogP contribution in [-0.2, 0) is 4.79 Å². The molecule has 4 rings (SSSR count). The van der Waals surface area contributed by atoms with Gasteiger partial charge in [0.25, 0.3) is 5.91 Å². The summed E-state index contributed by atoms with van der Waals surface area (Å²) in [7, 11) is 3.21. The summed E-state index contributed by atoms with van der Waals surface area (Å²) in [6.45, 7) is 0.260. The summed E-state index contributed by atoms with van der Waals surface area (Å²) in [6, 6.07) is 12.2. The predicted octanol–water partition coefficient (Wildman–Crippen LogP) is 2.83. The molecule has 1 N–H and O–H groups in total. The van der Waals surface area contributed by atoms with Crippen molar-refractivity contribution in [2.75, 3.05) is 25.6 Å². The van der Waals surface area contributed by atoms with Gasteiger partial charge in [-0.05, 0) is 42.0 Å². The minimum absolute atomic E-state index is 0.204. The Morgan fingerprint density at radius 3 is 2.37 bits per heavy atom. The summed E-state index contributed by atoms with van der Waals surface area (Å²) in [5.41, 5.74) is 2.55. The van der Waals surface area contributed by atoms with E-state index >= 15 is 0 Å². The van der Waals surface area contributed by atoms with Crippen LogP contribution < -0.4 is 15.0 Å². The van der Waals surface area contributed by atoms with E-state index in [1.807, 2.05) is 12.1 Å². The molecule has 2 heterocycles. The standard InChI is InChI=1S/C20H18FN3O3/c1-23-16-11-24(14-7-5-13(21)6-8-14)19(25)17(16)18(22-20(23)26)12-3-9-15(27-2)10-4-12/h3-10,18H,11H2,1-2H3,(H,22,26). The number of amides is 3. The zero-order valence-electron chi connectivity index (χ0n) is 14.9. The van der Waals surface area contributed by atoms with Crippen molar-refractivity contribution in [2.24, 2.45) is 0 Å². The van der Waals surface area contributed by atoms with E-state index in [9.17, 15) is 14.0 Å². The first kappa shape index (κ1) is 17.1. The zero-order valence-corrected chi connectivity index (χ0v) is 14.9. The Balaban J connectivity index is 1.73. The molecule has 2 aliphatic heterocycles. The number of nitrogens with zero attached hydrogens (tertiary/aromatic N) is 2. The first-order valence-corrected chi connectivity index (χ1v) is 8.48.